The van der Waals surface area contributed by atoms with Crippen molar-refractivity contribution in [1.29, 1.82) is 0 Å². The summed E-state index contributed by atoms with van der Waals surface area (Å²) >= 11 is 0. The van der Waals surface area contributed by atoms with E-state index in [4.69, 9.17) is 5.73 Å². The number of nitrogens with one attached hydrogen (secondary N) is 1. The number of fused-ring (bicyclic) bond motifs is 1. The van der Waals surface area contributed by atoms with E-state index < -0.39 is 0 Å². The summed E-state index contributed by atoms with van der Waals surface area (Å²) in [7, 11) is 1.99. The molecule has 0 fully saturated rings. The highest BCUT2D eigenvalue weighted by atomic mass is 16.1. The predicted molar refractivity (Wildman–Crippen MR) is 73.7 cm³/mol. The fourth-order valence-corrected chi connectivity index (χ4v) is 2.47. The molecule has 0 aliphatic carbocycles. The van der Waals surface area contributed by atoms with E-state index in [2.05, 4.69) is 20.9 Å². The van der Waals surface area contributed by atoms with Gasteiger partial charge in [0.1, 0.15) is 5.82 Å². The molecule has 2 heterocycles. The van der Waals surface area contributed by atoms with Gasteiger partial charge in [0.25, 0.3) is 0 Å². The Bertz CT molecular complexity index is 645. The van der Waals surface area contributed by atoms with Gasteiger partial charge in [0.2, 0.25) is 5.91 Å². The topological polar surface area (TPSA) is 72.9 Å². The van der Waals surface area contributed by atoms with Gasteiger partial charge in [-0.15, -0.1) is 0 Å². The van der Waals surface area contributed by atoms with Gasteiger partial charge < -0.3 is 15.6 Å². The van der Waals surface area contributed by atoms with Crippen LogP contribution in [-0.2, 0) is 24.7 Å². The van der Waals surface area contributed by atoms with Gasteiger partial charge in [-0.05, 0) is 24.2 Å². The molecule has 0 saturated heterocycles. The molecule has 0 radical (unpaired) electrons. The smallest absolute Gasteiger partial charge is 0.228 e. The molecule has 98 valence electrons. The number of anilines is 1. The number of amides is 1. The molecule has 0 atom stereocenters. The van der Waals surface area contributed by atoms with Crippen LogP contribution in [0.5, 0.6) is 0 Å². The third-order valence-electron chi connectivity index (χ3n) is 3.48. The number of imidazole rings is 1. The second-order valence-electron chi connectivity index (χ2n) is 4.75. The van der Waals surface area contributed by atoms with Gasteiger partial charge in [0.15, 0.2) is 0 Å². The average molecular weight is 256 g/mol. The summed E-state index contributed by atoms with van der Waals surface area (Å²) in [6.45, 7) is 0.590. The molecule has 0 unspecified atom stereocenters. The predicted octanol–water partition coefficient (Wildman–Crippen LogP) is 1.08. The zero-order valence-corrected chi connectivity index (χ0v) is 10.8. The maximum absolute atomic E-state index is 11.4. The normalized spacial score (nSPS) is 13.5. The summed E-state index contributed by atoms with van der Waals surface area (Å²) in [4.78, 5) is 15.8. The fourth-order valence-electron chi connectivity index (χ4n) is 2.47. The van der Waals surface area contributed by atoms with Crippen LogP contribution in [0, 0.1) is 0 Å². The van der Waals surface area contributed by atoms with Gasteiger partial charge >= 0.3 is 0 Å². The Hall–Kier alpha value is -2.14. The Kier molecular flexibility index (Phi) is 2.83. The van der Waals surface area contributed by atoms with E-state index in [1.807, 2.05) is 25.4 Å². The van der Waals surface area contributed by atoms with E-state index in [9.17, 15) is 4.79 Å². The van der Waals surface area contributed by atoms with E-state index in [0.29, 0.717) is 13.0 Å². The first kappa shape index (κ1) is 11.9. The van der Waals surface area contributed by atoms with Gasteiger partial charge in [0.05, 0.1) is 18.3 Å². The van der Waals surface area contributed by atoms with Gasteiger partial charge in [-0.3, -0.25) is 4.79 Å². The highest BCUT2D eigenvalue weighted by molar-refractivity contribution is 5.99. The van der Waals surface area contributed by atoms with E-state index >= 15 is 0 Å². The first-order valence-electron chi connectivity index (χ1n) is 6.33. The molecule has 5 heteroatoms. The molecule has 19 heavy (non-hydrogen) atoms. The molecule has 0 spiro atoms. The zero-order valence-electron chi connectivity index (χ0n) is 10.8. The lowest BCUT2D eigenvalue weighted by Crippen LogP contribution is -2.08. The number of nitrogens with two attached hydrogens (primary N) is 1. The lowest BCUT2D eigenvalue weighted by molar-refractivity contribution is -0.115. The van der Waals surface area contributed by atoms with Gasteiger partial charge in [-0.25, -0.2) is 4.98 Å². The summed E-state index contributed by atoms with van der Waals surface area (Å²) in [5.41, 5.74) is 9.65. The molecule has 1 aliphatic rings. The Morgan fingerprint density at radius 1 is 1.47 bits per heavy atom. The number of hydrogen-bond acceptors (Lipinski definition) is 3. The number of rotatable bonds is 3. The summed E-state index contributed by atoms with van der Waals surface area (Å²) < 4.78 is 2.05. The van der Waals surface area contributed by atoms with Crippen molar-refractivity contribution in [3.05, 3.63) is 35.8 Å². The van der Waals surface area contributed by atoms with Gasteiger partial charge in [0, 0.05) is 24.7 Å². The van der Waals surface area contributed by atoms with E-state index in [1.54, 1.807) is 0 Å². The van der Waals surface area contributed by atoms with Gasteiger partial charge in [-0.1, -0.05) is 6.07 Å². The van der Waals surface area contributed by atoms with Crippen molar-refractivity contribution in [3.8, 4) is 11.3 Å². The molecular weight excluding hydrogens is 240 g/mol. The first-order valence-corrected chi connectivity index (χ1v) is 6.33. The third kappa shape index (κ3) is 2.02. The van der Waals surface area contributed by atoms with Gasteiger partial charge in [-0.2, -0.15) is 0 Å². The summed E-state index contributed by atoms with van der Waals surface area (Å²) in [5.74, 6) is 1.04. The largest absolute Gasteiger partial charge is 0.331 e. The minimum atomic E-state index is 0.0565. The molecule has 1 amide bonds. The lowest BCUT2D eigenvalue weighted by atomic mass is 10.1. The number of carbonyl (C=O) groups excluding carboxylic acids is 1. The summed E-state index contributed by atoms with van der Waals surface area (Å²) in [6.07, 6.45) is 3.08. The second-order valence-corrected chi connectivity index (χ2v) is 4.75. The number of nitrogens with zero attached hydrogens (tertiary/aromatic N) is 2. The van der Waals surface area contributed by atoms with Crippen LogP contribution in [-0.4, -0.2) is 22.0 Å². The van der Waals surface area contributed by atoms with Crippen LogP contribution in [0.4, 0.5) is 5.69 Å². The Balaban J connectivity index is 1.99. The zero-order chi connectivity index (χ0) is 13.4. The molecule has 1 aliphatic heterocycles. The third-order valence-corrected chi connectivity index (χ3v) is 3.48. The molecule has 2 aromatic rings. The number of benzene rings is 1. The van der Waals surface area contributed by atoms with Crippen molar-refractivity contribution in [1.82, 2.24) is 9.55 Å². The highest BCUT2D eigenvalue weighted by Crippen LogP contribution is 2.29. The van der Waals surface area contributed by atoms with Crippen molar-refractivity contribution in [3.63, 3.8) is 0 Å². The van der Waals surface area contributed by atoms with E-state index in [-0.39, 0.29) is 5.91 Å². The SMILES string of the molecule is Cn1c(-c2ccc3c(c2)CC(=O)N3)cnc1CCN. The van der Waals surface area contributed by atoms with Crippen LogP contribution in [0.2, 0.25) is 0 Å². The van der Waals surface area contributed by atoms with Crippen molar-refractivity contribution in [2.45, 2.75) is 12.8 Å². The lowest BCUT2D eigenvalue weighted by Gasteiger charge is -2.07. The molecule has 1 aromatic carbocycles. The Morgan fingerprint density at radius 2 is 2.32 bits per heavy atom. The molecule has 5 nitrogen and oxygen atoms in total. The van der Waals surface area contributed by atoms with E-state index in [1.165, 1.54) is 0 Å². The van der Waals surface area contributed by atoms with Crippen molar-refractivity contribution < 1.29 is 4.79 Å². The Labute approximate surface area is 111 Å². The second kappa shape index (κ2) is 4.51. The maximum Gasteiger partial charge on any atom is 0.228 e. The fraction of sp³-hybridized carbons (Fsp3) is 0.286. The van der Waals surface area contributed by atoms with Crippen LogP contribution >= 0.6 is 0 Å². The Morgan fingerprint density at radius 3 is 3.11 bits per heavy atom. The van der Waals surface area contributed by atoms with Crippen molar-refractivity contribution in [2.75, 3.05) is 11.9 Å². The summed E-state index contributed by atoms with van der Waals surface area (Å²) in [6, 6.07) is 6.01. The van der Waals surface area contributed by atoms with Crippen LogP contribution in [0.3, 0.4) is 0 Å². The number of aromatic nitrogens is 2. The molecule has 1 aromatic heterocycles. The van der Waals surface area contributed by atoms with Crippen LogP contribution < -0.4 is 11.1 Å². The molecule has 3 rings (SSSR count). The van der Waals surface area contributed by atoms with E-state index in [0.717, 1.165) is 34.8 Å². The number of hydrogen-bond donors (Lipinski definition) is 2. The monoisotopic (exact) mass is 256 g/mol. The molecule has 3 N–H and O–H groups in total. The van der Waals surface area contributed by atoms with Crippen molar-refractivity contribution >= 4 is 11.6 Å². The van der Waals surface area contributed by atoms with Crippen LogP contribution in [0.15, 0.2) is 24.4 Å². The minimum absolute atomic E-state index is 0.0565. The highest BCUT2D eigenvalue weighted by Gasteiger charge is 2.18. The van der Waals surface area contributed by atoms with Crippen molar-refractivity contribution in [2.24, 2.45) is 12.8 Å². The maximum atomic E-state index is 11.4. The summed E-state index contributed by atoms with van der Waals surface area (Å²) in [5, 5.41) is 2.84. The van der Waals surface area contributed by atoms with Crippen LogP contribution in [0.1, 0.15) is 11.4 Å². The molecular formula is C14H16N4O. The standard InChI is InChI=1S/C14H16N4O/c1-18-12(8-16-13(18)4-5-15)9-2-3-11-10(6-9)7-14(19)17-11/h2-3,6,8H,4-5,7,15H2,1H3,(H,17,19). The minimum Gasteiger partial charge on any atom is -0.331 e. The first-order chi connectivity index (χ1) is 9.19. The molecule has 0 bridgehead atoms. The van der Waals surface area contributed by atoms with Crippen LogP contribution in [0.25, 0.3) is 11.3 Å². The molecule has 0 saturated carbocycles. The number of carbonyl (C=O) groups is 1. The average Bonchev–Trinajstić information content (AvgIpc) is 2.92. The quantitative estimate of drug-likeness (QED) is 0.863.